The first-order valence-electron chi connectivity index (χ1n) is 10.1. The fourth-order valence-corrected chi connectivity index (χ4v) is 4.10. The van der Waals surface area contributed by atoms with Gasteiger partial charge in [0.1, 0.15) is 6.54 Å². The zero-order valence-electron chi connectivity index (χ0n) is 16.8. The molecule has 0 radical (unpaired) electrons. The number of anilines is 1. The first-order valence-corrected chi connectivity index (χ1v) is 10.1. The maximum Gasteiger partial charge on any atom is 0.406 e. The number of unbranched alkanes of at least 4 members (excludes halogenated alkanes) is 2. The lowest BCUT2D eigenvalue weighted by atomic mass is 9.86. The van der Waals surface area contributed by atoms with Gasteiger partial charge in [0.2, 0.25) is 0 Å². The number of carbonyl (C=O) groups is 2. The molecule has 29 heavy (non-hydrogen) atoms. The van der Waals surface area contributed by atoms with E-state index in [0.717, 1.165) is 30.6 Å². The summed E-state index contributed by atoms with van der Waals surface area (Å²) in [6, 6.07) is 4.49. The second-order valence-electron chi connectivity index (χ2n) is 7.80. The summed E-state index contributed by atoms with van der Waals surface area (Å²) >= 11 is 0. The molecule has 1 spiro atoms. The van der Waals surface area contributed by atoms with Crippen molar-refractivity contribution < 1.29 is 27.5 Å². The van der Waals surface area contributed by atoms with Crippen LogP contribution in [0.1, 0.15) is 61.4 Å². The number of amides is 2. The van der Waals surface area contributed by atoms with Gasteiger partial charge in [-0.15, -0.1) is 0 Å². The maximum absolute atomic E-state index is 13.1. The van der Waals surface area contributed by atoms with E-state index in [2.05, 4.69) is 6.92 Å². The molecule has 2 amide bonds. The number of benzene rings is 1. The number of ether oxygens (including phenoxy) is 1. The van der Waals surface area contributed by atoms with Crippen molar-refractivity contribution in [2.45, 2.75) is 57.2 Å². The Balaban J connectivity index is 1.95. The number of alkyl halides is 3. The third-order valence-corrected chi connectivity index (χ3v) is 5.61. The van der Waals surface area contributed by atoms with Gasteiger partial charge in [0, 0.05) is 31.3 Å². The number of halogens is 3. The van der Waals surface area contributed by atoms with Gasteiger partial charge in [-0.05, 0) is 43.9 Å². The summed E-state index contributed by atoms with van der Waals surface area (Å²) in [6.45, 7) is 1.62. The Morgan fingerprint density at radius 2 is 2.03 bits per heavy atom. The zero-order chi connectivity index (χ0) is 21.2. The second-order valence-corrected chi connectivity index (χ2v) is 7.80. The molecule has 3 rings (SSSR count). The van der Waals surface area contributed by atoms with Crippen molar-refractivity contribution in [3.8, 4) is 0 Å². The molecule has 5 nitrogen and oxygen atoms in total. The highest BCUT2D eigenvalue weighted by Crippen LogP contribution is 2.48. The Labute approximate surface area is 168 Å². The number of rotatable bonds is 6. The Morgan fingerprint density at radius 1 is 1.28 bits per heavy atom. The molecule has 2 heterocycles. The zero-order valence-corrected chi connectivity index (χ0v) is 16.8. The summed E-state index contributed by atoms with van der Waals surface area (Å²) in [4.78, 5) is 28.2. The van der Waals surface area contributed by atoms with Crippen LogP contribution >= 0.6 is 0 Å². The van der Waals surface area contributed by atoms with Gasteiger partial charge in [-0.3, -0.25) is 9.59 Å². The highest BCUT2D eigenvalue weighted by molar-refractivity contribution is 6.08. The average molecular weight is 412 g/mol. The molecule has 1 saturated heterocycles. The summed E-state index contributed by atoms with van der Waals surface area (Å²) in [6.07, 6.45) is 0.160. The van der Waals surface area contributed by atoms with Crippen LogP contribution in [0.4, 0.5) is 18.9 Å². The normalized spacial score (nSPS) is 21.6. The quantitative estimate of drug-likeness (QED) is 0.657. The van der Waals surface area contributed by atoms with Gasteiger partial charge in [-0.1, -0.05) is 19.8 Å². The molecule has 0 bridgehead atoms. The minimum absolute atomic E-state index is 0.180. The van der Waals surface area contributed by atoms with E-state index in [0.29, 0.717) is 37.1 Å². The van der Waals surface area contributed by atoms with Crippen LogP contribution in [0.5, 0.6) is 0 Å². The first-order chi connectivity index (χ1) is 13.7. The van der Waals surface area contributed by atoms with Crippen LogP contribution in [0, 0.1) is 0 Å². The molecule has 0 N–H and O–H groups in total. The minimum Gasteiger partial charge on any atom is -0.360 e. The third-order valence-electron chi connectivity index (χ3n) is 5.61. The molecular formula is C21H27F3N2O3. The van der Waals surface area contributed by atoms with Crippen LogP contribution in [0.3, 0.4) is 0 Å². The topological polar surface area (TPSA) is 49.9 Å². The predicted molar refractivity (Wildman–Crippen MR) is 103 cm³/mol. The Hall–Kier alpha value is -2.09. The van der Waals surface area contributed by atoms with Gasteiger partial charge in [0.15, 0.2) is 5.60 Å². The Kier molecular flexibility index (Phi) is 6.22. The molecule has 1 aromatic carbocycles. The van der Waals surface area contributed by atoms with E-state index < -0.39 is 24.2 Å². The van der Waals surface area contributed by atoms with Crippen molar-refractivity contribution in [3.63, 3.8) is 0 Å². The lowest BCUT2D eigenvalue weighted by Crippen LogP contribution is -2.47. The molecule has 1 atom stereocenters. The van der Waals surface area contributed by atoms with E-state index in [9.17, 15) is 22.8 Å². The monoisotopic (exact) mass is 412 g/mol. The molecule has 160 valence electrons. The van der Waals surface area contributed by atoms with Crippen molar-refractivity contribution in [1.29, 1.82) is 0 Å². The fourth-order valence-electron chi connectivity index (χ4n) is 4.10. The van der Waals surface area contributed by atoms with Crippen LogP contribution in [0.2, 0.25) is 0 Å². The van der Waals surface area contributed by atoms with Crippen LogP contribution < -0.4 is 4.90 Å². The van der Waals surface area contributed by atoms with E-state index in [-0.39, 0.29) is 11.6 Å². The minimum atomic E-state index is -4.53. The summed E-state index contributed by atoms with van der Waals surface area (Å²) in [5.74, 6) is -0.901. The smallest absolute Gasteiger partial charge is 0.360 e. The molecule has 0 unspecified atom stereocenters. The standard InChI is InChI=1S/C21H27F3N2O3/c1-3-4-6-11-25(2)18(27)15-8-9-17-16(13-15)20(10-5-7-12-29-20)19(28)26(17)14-21(22,23)24/h8-9,13H,3-7,10-12,14H2,1-2H3/t20-/m1/s1. The summed E-state index contributed by atoms with van der Waals surface area (Å²) in [5.41, 5.74) is -0.507. The van der Waals surface area contributed by atoms with E-state index in [1.807, 2.05) is 0 Å². The highest BCUT2D eigenvalue weighted by Gasteiger charge is 2.54. The Morgan fingerprint density at radius 3 is 2.66 bits per heavy atom. The predicted octanol–water partition coefficient (Wildman–Crippen LogP) is 4.25. The van der Waals surface area contributed by atoms with Gasteiger partial charge in [0.05, 0.1) is 5.69 Å². The van der Waals surface area contributed by atoms with E-state index in [4.69, 9.17) is 4.74 Å². The maximum atomic E-state index is 13.1. The van der Waals surface area contributed by atoms with Gasteiger partial charge in [-0.2, -0.15) is 13.2 Å². The molecule has 0 aliphatic carbocycles. The number of hydrogen-bond acceptors (Lipinski definition) is 3. The van der Waals surface area contributed by atoms with Crippen molar-refractivity contribution in [1.82, 2.24) is 4.90 Å². The molecule has 8 heteroatoms. The largest absolute Gasteiger partial charge is 0.406 e. The Bertz CT molecular complexity index is 773. The summed E-state index contributed by atoms with van der Waals surface area (Å²) < 4.78 is 45.1. The van der Waals surface area contributed by atoms with E-state index in [1.54, 1.807) is 18.0 Å². The van der Waals surface area contributed by atoms with Gasteiger partial charge < -0.3 is 14.5 Å². The SMILES string of the molecule is CCCCCN(C)C(=O)c1ccc2c(c1)[C@]1(CCCCO1)C(=O)N2CC(F)(F)F. The molecular weight excluding hydrogens is 385 g/mol. The first kappa shape index (κ1) is 21.6. The molecule has 0 aromatic heterocycles. The van der Waals surface area contributed by atoms with Crippen LogP contribution in [0.25, 0.3) is 0 Å². The van der Waals surface area contributed by atoms with Gasteiger partial charge >= 0.3 is 6.18 Å². The number of hydrogen-bond donors (Lipinski definition) is 0. The fraction of sp³-hybridized carbons (Fsp3) is 0.619. The van der Waals surface area contributed by atoms with Crippen LogP contribution in [-0.4, -0.2) is 49.6 Å². The van der Waals surface area contributed by atoms with E-state index >= 15 is 0 Å². The van der Waals surface area contributed by atoms with Gasteiger partial charge in [0.25, 0.3) is 11.8 Å². The average Bonchev–Trinajstić information content (AvgIpc) is 2.89. The number of carbonyl (C=O) groups excluding carboxylic acids is 2. The highest BCUT2D eigenvalue weighted by atomic mass is 19.4. The molecule has 1 aromatic rings. The molecule has 1 fully saturated rings. The van der Waals surface area contributed by atoms with Gasteiger partial charge in [-0.25, -0.2) is 0 Å². The van der Waals surface area contributed by atoms with Crippen LogP contribution in [-0.2, 0) is 15.1 Å². The van der Waals surface area contributed by atoms with Crippen molar-refractivity contribution in [3.05, 3.63) is 29.3 Å². The molecule has 0 saturated carbocycles. The van der Waals surface area contributed by atoms with Crippen molar-refractivity contribution in [2.24, 2.45) is 0 Å². The van der Waals surface area contributed by atoms with Crippen molar-refractivity contribution >= 4 is 17.5 Å². The lowest BCUT2D eigenvalue weighted by Gasteiger charge is -2.33. The summed E-state index contributed by atoms with van der Waals surface area (Å²) in [7, 11) is 1.71. The molecule has 2 aliphatic heterocycles. The van der Waals surface area contributed by atoms with Crippen molar-refractivity contribution in [2.75, 3.05) is 31.6 Å². The number of nitrogens with zero attached hydrogens (tertiary/aromatic N) is 2. The van der Waals surface area contributed by atoms with E-state index in [1.165, 1.54) is 12.1 Å². The second kappa shape index (κ2) is 8.34. The lowest BCUT2D eigenvalue weighted by molar-refractivity contribution is -0.155. The molecule has 2 aliphatic rings. The number of fused-ring (bicyclic) bond motifs is 2. The third kappa shape index (κ3) is 4.27. The van der Waals surface area contributed by atoms with Crippen LogP contribution in [0.15, 0.2) is 18.2 Å². The summed E-state index contributed by atoms with van der Waals surface area (Å²) in [5, 5.41) is 0.